The van der Waals surface area contributed by atoms with Gasteiger partial charge in [0.05, 0.1) is 0 Å². The number of benzene rings is 1. The Morgan fingerprint density at radius 3 is 2.62 bits per heavy atom. The number of hydrogen-bond donors (Lipinski definition) is 1. The molecule has 1 heterocycles. The largest absolute Gasteiger partial charge is 0.388 e. The van der Waals surface area contributed by atoms with E-state index in [0.29, 0.717) is 5.82 Å². The molecular weight excluding hydrogens is 202 g/mol. The fraction of sp³-hybridized carbons (Fsp3) is 0.333. The van der Waals surface area contributed by atoms with Crippen LogP contribution < -0.4 is 0 Å². The van der Waals surface area contributed by atoms with Crippen molar-refractivity contribution >= 4 is 0 Å². The van der Waals surface area contributed by atoms with Crippen molar-refractivity contribution in [2.45, 2.75) is 26.4 Å². The minimum absolute atomic E-state index is 0.100. The fourth-order valence-electron chi connectivity index (χ4n) is 1.69. The van der Waals surface area contributed by atoms with Crippen molar-refractivity contribution in [2.75, 3.05) is 0 Å². The highest BCUT2D eigenvalue weighted by Crippen LogP contribution is 2.12. The molecule has 1 N–H and O–H groups in total. The molecule has 0 unspecified atom stereocenters. The number of rotatable bonds is 4. The summed E-state index contributed by atoms with van der Waals surface area (Å²) in [5.74, 6) is 0.559. The monoisotopic (exact) mass is 217 g/mol. The first-order valence-electron chi connectivity index (χ1n) is 5.44. The van der Waals surface area contributed by atoms with Crippen LogP contribution in [0.2, 0.25) is 0 Å². The maximum atomic E-state index is 9.08. The van der Waals surface area contributed by atoms with Gasteiger partial charge in [-0.2, -0.15) is 0 Å². The van der Waals surface area contributed by atoms with Crippen LogP contribution in [0.4, 0.5) is 0 Å². The summed E-state index contributed by atoms with van der Waals surface area (Å²) in [5, 5.41) is 16.7. The second-order valence-electron chi connectivity index (χ2n) is 3.69. The van der Waals surface area contributed by atoms with Crippen LogP contribution in [0.1, 0.15) is 24.7 Å². The Labute approximate surface area is 94.6 Å². The summed E-state index contributed by atoms with van der Waals surface area (Å²) in [6.45, 7) is 2.06. The van der Waals surface area contributed by atoms with Crippen molar-refractivity contribution in [2.24, 2.45) is 0 Å². The highest BCUT2D eigenvalue weighted by molar-refractivity contribution is 5.35. The Kier molecular flexibility index (Phi) is 3.31. The first-order chi connectivity index (χ1) is 7.85. The zero-order chi connectivity index (χ0) is 11.4. The topological polar surface area (TPSA) is 50.9 Å². The maximum absolute atomic E-state index is 9.08. The molecule has 0 fully saturated rings. The van der Waals surface area contributed by atoms with Crippen LogP contribution in [0.5, 0.6) is 0 Å². The van der Waals surface area contributed by atoms with E-state index in [1.807, 2.05) is 12.1 Å². The lowest BCUT2D eigenvalue weighted by Gasteiger charge is -2.05. The molecule has 0 amide bonds. The highest BCUT2D eigenvalue weighted by atomic mass is 16.3. The van der Waals surface area contributed by atoms with Crippen LogP contribution in [0, 0.1) is 0 Å². The molecule has 0 saturated carbocycles. The molecule has 0 aliphatic rings. The normalized spacial score (nSPS) is 10.6. The van der Waals surface area contributed by atoms with E-state index in [9.17, 15) is 0 Å². The van der Waals surface area contributed by atoms with Crippen molar-refractivity contribution in [3.8, 4) is 5.69 Å². The smallest absolute Gasteiger partial charge is 0.163 e. The van der Waals surface area contributed by atoms with Gasteiger partial charge in [0.1, 0.15) is 12.9 Å². The van der Waals surface area contributed by atoms with Crippen LogP contribution in [0.15, 0.2) is 30.6 Å². The quantitative estimate of drug-likeness (QED) is 0.848. The number of aromatic nitrogens is 3. The summed E-state index contributed by atoms with van der Waals surface area (Å²) >= 11 is 0. The molecule has 0 bridgehead atoms. The van der Waals surface area contributed by atoms with Gasteiger partial charge in [-0.3, -0.25) is 4.57 Å². The van der Waals surface area contributed by atoms with E-state index in [0.717, 1.165) is 18.5 Å². The van der Waals surface area contributed by atoms with Crippen molar-refractivity contribution in [3.63, 3.8) is 0 Å². The number of nitrogens with zero attached hydrogens (tertiary/aromatic N) is 3. The van der Waals surface area contributed by atoms with Gasteiger partial charge in [-0.05, 0) is 24.1 Å². The molecule has 2 rings (SSSR count). The van der Waals surface area contributed by atoms with Gasteiger partial charge in [0, 0.05) is 5.69 Å². The molecule has 1 aromatic heterocycles. The Morgan fingerprint density at radius 2 is 2.00 bits per heavy atom. The summed E-state index contributed by atoms with van der Waals surface area (Å²) in [5.41, 5.74) is 2.30. The molecule has 16 heavy (non-hydrogen) atoms. The van der Waals surface area contributed by atoms with Gasteiger partial charge in [-0.15, -0.1) is 10.2 Å². The van der Waals surface area contributed by atoms with Crippen LogP contribution in [-0.2, 0) is 13.0 Å². The zero-order valence-corrected chi connectivity index (χ0v) is 9.30. The van der Waals surface area contributed by atoms with Gasteiger partial charge in [0.25, 0.3) is 0 Å². The molecule has 84 valence electrons. The first kappa shape index (κ1) is 10.8. The van der Waals surface area contributed by atoms with E-state index in [1.54, 1.807) is 10.9 Å². The van der Waals surface area contributed by atoms with E-state index < -0.39 is 0 Å². The third-order valence-corrected chi connectivity index (χ3v) is 2.51. The van der Waals surface area contributed by atoms with E-state index >= 15 is 0 Å². The van der Waals surface area contributed by atoms with Crippen LogP contribution in [0.25, 0.3) is 5.69 Å². The van der Waals surface area contributed by atoms with Crippen LogP contribution >= 0.6 is 0 Å². The van der Waals surface area contributed by atoms with Crippen molar-refractivity contribution in [1.82, 2.24) is 14.8 Å². The molecule has 4 nitrogen and oxygen atoms in total. The number of aliphatic hydroxyl groups excluding tert-OH is 1. The molecule has 0 aliphatic carbocycles. The Balaban J connectivity index is 2.27. The molecule has 0 saturated heterocycles. The molecule has 0 aliphatic heterocycles. The van der Waals surface area contributed by atoms with Gasteiger partial charge in [0.2, 0.25) is 0 Å². The molecule has 1 aromatic carbocycles. The molecular formula is C12H15N3O. The third kappa shape index (κ3) is 2.12. The lowest BCUT2D eigenvalue weighted by Crippen LogP contribution is -2.00. The van der Waals surface area contributed by atoms with Crippen molar-refractivity contribution in [1.29, 1.82) is 0 Å². The number of aryl methyl sites for hydroxylation is 1. The molecule has 2 aromatic rings. The Morgan fingerprint density at radius 1 is 1.25 bits per heavy atom. The van der Waals surface area contributed by atoms with Crippen LogP contribution in [0.3, 0.4) is 0 Å². The average molecular weight is 217 g/mol. The summed E-state index contributed by atoms with van der Waals surface area (Å²) in [6, 6.07) is 8.24. The number of aliphatic hydroxyl groups is 1. The van der Waals surface area contributed by atoms with Crippen LogP contribution in [-0.4, -0.2) is 19.9 Å². The number of hydrogen-bond acceptors (Lipinski definition) is 3. The molecule has 0 atom stereocenters. The molecule has 0 spiro atoms. The Hall–Kier alpha value is -1.68. The van der Waals surface area contributed by atoms with E-state index in [2.05, 4.69) is 29.3 Å². The average Bonchev–Trinajstić information content (AvgIpc) is 2.78. The van der Waals surface area contributed by atoms with E-state index in [4.69, 9.17) is 5.11 Å². The SMILES string of the molecule is CCCc1ccc(-n2cnnc2CO)cc1. The van der Waals surface area contributed by atoms with Gasteiger partial charge in [-0.1, -0.05) is 25.5 Å². The highest BCUT2D eigenvalue weighted by Gasteiger charge is 2.04. The van der Waals surface area contributed by atoms with E-state index in [-0.39, 0.29) is 6.61 Å². The van der Waals surface area contributed by atoms with Gasteiger partial charge in [-0.25, -0.2) is 0 Å². The summed E-state index contributed by atoms with van der Waals surface area (Å²) < 4.78 is 1.79. The van der Waals surface area contributed by atoms with E-state index in [1.165, 1.54) is 5.56 Å². The van der Waals surface area contributed by atoms with Gasteiger partial charge >= 0.3 is 0 Å². The lowest BCUT2D eigenvalue weighted by atomic mass is 10.1. The zero-order valence-electron chi connectivity index (χ0n) is 9.30. The van der Waals surface area contributed by atoms with Gasteiger partial charge < -0.3 is 5.11 Å². The predicted octanol–water partition coefficient (Wildman–Crippen LogP) is 1.71. The summed E-state index contributed by atoms with van der Waals surface area (Å²) in [6.07, 6.45) is 3.85. The molecule has 0 radical (unpaired) electrons. The third-order valence-electron chi connectivity index (χ3n) is 2.51. The fourth-order valence-corrected chi connectivity index (χ4v) is 1.69. The molecule has 4 heteroatoms. The lowest BCUT2D eigenvalue weighted by molar-refractivity contribution is 0.269. The van der Waals surface area contributed by atoms with Crippen molar-refractivity contribution in [3.05, 3.63) is 42.0 Å². The van der Waals surface area contributed by atoms with Gasteiger partial charge in [0.15, 0.2) is 5.82 Å². The standard InChI is InChI=1S/C12H15N3O/c1-2-3-10-4-6-11(7-5-10)15-9-13-14-12(15)8-16/h4-7,9,16H,2-3,8H2,1H3. The summed E-state index contributed by atoms with van der Waals surface area (Å²) in [4.78, 5) is 0. The second-order valence-corrected chi connectivity index (χ2v) is 3.69. The summed E-state index contributed by atoms with van der Waals surface area (Å²) in [7, 11) is 0. The minimum atomic E-state index is -0.100. The minimum Gasteiger partial charge on any atom is -0.388 e. The second kappa shape index (κ2) is 4.90. The van der Waals surface area contributed by atoms with Crippen molar-refractivity contribution < 1.29 is 5.11 Å². The first-order valence-corrected chi connectivity index (χ1v) is 5.44. The maximum Gasteiger partial charge on any atom is 0.163 e. The Bertz CT molecular complexity index is 448. The predicted molar refractivity (Wildman–Crippen MR) is 61.3 cm³/mol.